The van der Waals surface area contributed by atoms with E-state index in [2.05, 4.69) is 53.2 Å². The zero-order valence-electron chi connectivity index (χ0n) is 19.8. The minimum absolute atomic E-state index is 0.188. The molecule has 1 aliphatic rings. The topological polar surface area (TPSA) is 105 Å². The molecule has 1 atom stereocenters. The Morgan fingerprint density at radius 2 is 1.85 bits per heavy atom. The number of ether oxygens (including phenoxy) is 1. The first kappa shape index (κ1) is 24.7. The van der Waals surface area contributed by atoms with Crippen molar-refractivity contribution < 1.29 is 19.1 Å². The average Bonchev–Trinajstić information content (AvgIpc) is 3.04. The molecule has 1 aromatic carbocycles. The third-order valence-electron chi connectivity index (χ3n) is 5.61. The van der Waals surface area contributed by atoms with Crippen LogP contribution in [0.1, 0.15) is 51.9 Å². The van der Waals surface area contributed by atoms with E-state index in [0.717, 1.165) is 31.0 Å². The lowest BCUT2D eigenvalue weighted by Gasteiger charge is -2.41. The molecule has 1 aliphatic heterocycles. The molecule has 0 radical (unpaired) electrons. The van der Waals surface area contributed by atoms with Gasteiger partial charge < -0.3 is 20.7 Å². The van der Waals surface area contributed by atoms with Crippen LogP contribution in [0.25, 0.3) is 0 Å². The van der Waals surface area contributed by atoms with Gasteiger partial charge in [-0.1, -0.05) is 17.7 Å². The Kier molecular flexibility index (Phi) is 7.76. The van der Waals surface area contributed by atoms with Gasteiger partial charge in [0.2, 0.25) is 5.91 Å². The molecule has 8 nitrogen and oxygen atoms in total. The second kappa shape index (κ2) is 10.4. The van der Waals surface area contributed by atoms with Gasteiger partial charge in [0.15, 0.2) is 0 Å². The third-order valence-corrected chi connectivity index (χ3v) is 6.84. The van der Waals surface area contributed by atoms with E-state index >= 15 is 0 Å². The molecule has 2 amide bonds. The van der Waals surface area contributed by atoms with E-state index in [4.69, 9.17) is 10.5 Å². The highest BCUT2D eigenvalue weighted by atomic mass is 32.1. The van der Waals surface area contributed by atoms with E-state index in [-0.39, 0.29) is 35.0 Å². The van der Waals surface area contributed by atoms with Crippen LogP contribution in [-0.4, -0.2) is 61.0 Å². The highest BCUT2D eigenvalue weighted by Gasteiger charge is 2.28. The summed E-state index contributed by atoms with van der Waals surface area (Å²) in [5.74, 6) is -1.47. The summed E-state index contributed by atoms with van der Waals surface area (Å²) in [6.07, 6.45) is -0.330. The minimum Gasteiger partial charge on any atom is -0.459 e. The van der Waals surface area contributed by atoms with Crippen molar-refractivity contribution in [2.45, 2.75) is 46.8 Å². The van der Waals surface area contributed by atoms with E-state index in [1.165, 1.54) is 11.3 Å². The number of piperazine rings is 1. The summed E-state index contributed by atoms with van der Waals surface area (Å²) in [5, 5.41) is 3.10. The number of rotatable bonds is 7. The number of nitrogens with two attached hydrogens (primary N) is 1. The number of amides is 2. The van der Waals surface area contributed by atoms with Crippen LogP contribution in [-0.2, 0) is 9.53 Å². The normalized spacial score (nSPS) is 16.7. The Balaban J connectivity index is 1.67. The smallest absolute Gasteiger partial charge is 0.341 e. The molecule has 0 spiro atoms. The lowest BCUT2D eigenvalue weighted by Crippen LogP contribution is -2.53. The molecule has 178 valence electrons. The summed E-state index contributed by atoms with van der Waals surface area (Å²) in [4.78, 5) is 41.9. The van der Waals surface area contributed by atoms with Crippen LogP contribution in [0.2, 0.25) is 0 Å². The SMILES string of the molecule is Cc1ccc(N2CCN(CC(=O)Nc3sc(C(N)=O)c(C)c3C(=O)OC(C)C)C[C@@H]2C)cc1. The molecule has 2 aromatic rings. The monoisotopic (exact) mass is 472 g/mol. The van der Waals surface area contributed by atoms with Gasteiger partial charge in [0, 0.05) is 31.4 Å². The Hall–Kier alpha value is -2.91. The van der Waals surface area contributed by atoms with E-state index in [0.29, 0.717) is 10.6 Å². The Morgan fingerprint density at radius 1 is 1.18 bits per heavy atom. The molecule has 33 heavy (non-hydrogen) atoms. The van der Waals surface area contributed by atoms with Crippen molar-refractivity contribution in [2.24, 2.45) is 5.73 Å². The molecule has 1 saturated heterocycles. The van der Waals surface area contributed by atoms with Crippen LogP contribution in [0.15, 0.2) is 24.3 Å². The Labute approximate surface area is 198 Å². The number of benzene rings is 1. The van der Waals surface area contributed by atoms with E-state index in [1.54, 1.807) is 20.8 Å². The maximum Gasteiger partial charge on any atom is 0.341 e. The molecular weight excluding hydrogens is 440 g/mol. The molecule has 0 unspecified atom stereocenters. The molecule has 3 rings (SSSR count). The zero-order chi connectivity index (χ0) is 24.3. The van der Waals surface area contributed by atoms with Crippen LogP contribution in [0, 0.1) is 13.8 Å². The summed E-state index contributed by atoms with van der Waals surface area (Å²) in [5.41, 5.74) is 8.47. The van der Waals surface area contributed by atoms with Crippen molar-refractivity contribution in [1.82, 2.24) is 4.90 Å². The molecule has 1 fully saturated rings. The third kappa shape index (κ3) is 5.91. The number of primary amides is 1. The molecule has 2 heterocycles. The van der Waals surface area contributed by atoms with Crippen LogP contribution in [0.5, 0.6) is 0 Å². The summed E-state index contributed by atoms with van der Waals surface area (Å²) < 4.78 is 5.31. The van der Waals surface area contributed by atoms with Crippen molar-refractivity contribution in [3.63, 3.8) is 0 Å². The first-order chi connectivity index (χ1) is 15.6. The summed E-state index contributed by atoms with van der Waals surface area (Å²) in [7, 11) is 0. The van der Waals surface area contributed by atoms with E-state index in [1.807, 2.05) is 0 Å². The Bertz CT molecular complexity index is 1030. The standard InChI is InChI=1S/C24H32N4O4S/c1-14(2)32-24(31)20-17(5)21(22(25)30)33-23(20)26-19(29)13-27-10-11-28(16(4)12-27)18-8-6-15(3)7-9-18/h6-9,14,16H,10-13H2,1-5H3,(H2,25,30)(H,26,29)/t16-/m0/s1. The van der Waals surface area contributed by atoms with Gasteiger partial charge in [-0.3, -0.25) is 14.5 Å². The van der Waals surface area contributed by atoms with Gasteiger partial charge in [0.05, 0.1) is 23.1 Å². The molecule has 0 bridgehead atoms. The maximum atomic E-state index is 12.8. The maximum absolute atomic E-state index is 12.8. The molecule has 0 aliphatic carbocycles. The largest absolute Gasteiger partial charge is 0.459 e. The molecule has 3 N–H and O–H groups in total. The van der Waals surface area contributed by atoms with Gasteiger partial charge in [0.1, 0.15) is 5.00 Å². The fourth-order valence-corrected chi connectivity index (χ4v) is 5.08. The van der Waals surface area contributed by atoms with Gasteiger partial charge >= 0.3 is 5.97 Å². The number of carbonyl (C=O) groups excluding carboxylic acids is 3. The van der Waals surface area contributed by atoms with Gasteiger partial charge in [-0.25, -0.2) is 4.79 Å². The van der Waals surface area contributed by atoms with Gasteiger partial charge in [0.25, 0.3) is 5.91 Å². The fourth-order valence-electron chi connectivity index (χ4n) is 4.02. The fraction of sp³-hybridized carbons (Fsp3) is 0.458. The summed E-state index contributed by atoms with van der Waals surface area (Å²) >= 11 is 1.01. The van der Waals surface area contributed by atoms with Gasteiger partial charge in [-0.05, 0) is 52.3 Å². The number of anilines is 2. The molecule has 0 saturated carbocycles. The van der Waals surface area contributed by atoms with Crippen molar-refractivity contribution in [3.05, 3.63) is 45.8 Å². The van der Waals surface area contributed by atoms with E-state index < -0.39 is 11.9 Å². The summed E-state index contributed by atoms with van der Waals surface area (Å²) in [6.45, 7) is 11.8. The number of carbonyl (C=O) groups is 3. The second-order valence-electron chi connectivity index (χ2n) is 8.74. The van der Waals surface area contributed by atoms with Crippen molar-refractivity contribution >= 4 is 39.8 Å². The molecule has 9 heteroatoms. The molecule has 1 aromatic heterocycles. The van der Waals surface area contributed by atoms with E-state index in [9.17, 15) is 14.4 Å². The number of nitrogens with zero attached hydrogens (tertiary/aromatic N) is 2. The minimum atomic E-state index is -0.641. The molecular formula is C24H32N4O4S. The van der Waals surface area contributed by atoms with Crippen LogP contribution < -0.4 is 16.0 Å². The lowest BCUT2D eigenvalue weighted by atomic mass is 10.1. The lowest BCUT2D eigenvalue weighted by molar-refractivity contribution is -0.117. The zero-order valence-corrected chi connectivity index (χ0v) is 20.6. The second-order valence-corrected chi connectivity index (χ2v) is 9.76. The number of hydrogen-bond acceptors (Lipinski definition) is 7. The predicted molar refractivity (Wildman–Crippen MR) is 131 cm³/mol. The van der Waals surface area contributed by atoms with Crippen LogP contribution in [0.3, 0.4) is 0 Å². The van der Waals surface area contributed by atoms with Crippen LogP contribution >= 0.6 is 11.3 Å². The highest BCUT2D eigenvalue weighted by molar-refractivity contribution is 7.18. The number of hydrogen-bond donors (Lipinski definition) is 2. The number of aryl methyl sites for hydroxylation is 1. The first-order valence-electron chi connectivity index (χ1n) is 11.1. The number of esters is 1. The van der Waals surface area contributed by atoms with Crippen molar-refractivity contribution in [3.8, 4) is 0 Å². The predicted octanol–water partition coefficient (Wildman–Crippen LogP) is 3.18. The van der Waals surface area contributed by atoms with Crippen molar-refractivity contribution in [1.29, 1.82) is 0 Å². The highest BCUT2D eigenvalue weighted by Crippen LogP contribution is 2.34. The Morgan fingerprint density at radius 3 is 2.42 bits per heavy atom. The summed E-state index contributed by atoms with van der Waals surface area (Å²) in [6, 6.07) is 8.71. The number of nitrogens with one attached hydrogen (secondary N) is 1. The van der Waals surface area contributed by atoms with Gasteiger partial charge in [-0.2, -0.15) is 0 Å². The van der Waals surface area contributed by atoms with Crippen molar-refractivity contribution in [2.75, 3.05) is 36.4 Å². The van der Waals surface area contributed by atoms with Crippen LogP contribution in [0.4, 0.5) is 10.7 Å². The first-order valence-corrected chi connectivity index (χ1v) is 11.9. The van der Waals surface area contributed by atoms with Gasteiger partial charge in [-0.15, -0.1) is 11.3 Å². The quantitative estimate of drug-likeness (QED) is 0.600. The number of thiophene rings is 1. The average molecular weight is 473 g/mol.